The van der Waals surface area contributed by atoms with Gasteiger partial charge in [-0.1, -0.05) is 176 Å². The molecule has 0 heterocycles. The molecule has 0 bridgehead atoms. The standard InChI is InChI=1S/C51H36NOP/c53-54(42-21-9-3-10-22-42,43-23-11-4-12-24-43)44-34-32-38-30-29-37-31-33-41(52(39-17-5-1-6-18-39)40-19-7-2-8-20-40)35-49(37)51(50(38)36-44)47-27-15-13-25-45(47)46-26-14-16-28-48(46)51/h1-36H. The monoisotopic (exact) mass is 709 g/mol. The molecule has 8 aromatic carbocycles. The average Bonchev–Trinajstić information content (AvgIpc) is 3.46. The third kappa shape index (κ3) is 4.84. The van der Waals surface area contributed by atoms with E-state index in [4.69, 9.17) is 0 Å². The van der Waals surface area contributed by atoms with Crippen molar-refractivity contribution in [2.75, 3.05) is 4.90 Å². The molecule has 0 fully saturated rings. The Hall–Kier alpha value is -6.47. The topological polar surface area (TPSA) is 20.3 Å². The molecule has 2 aliphatic carbocycles. The largest absolute Gasteiger partial charge is 0.310 e. The Labute approximate surface area is 316 Å². The van der Waals surface area contributed by atoms with Gasteiger partial charge in [0.1, 0.15) is 0 Å². The molecule has 8 aromatic rings. The molecule has 10 rings (SSSR count). The summed E-state index contributed by atoms with van der Waals surface area (Å²) in [6, 6.07) is 72.4. The molecule has 0 radical (unpaired) electrons. The summed E-state index contributed by atoms with van der Waals surface area (Å²) in [6.07, 6.45) is 4.51. The van der Waals surface area contributed by atoms with Crippen LogP contribution in [0.25, 0.3) is 23.3 Å². The van der Waals surface area contributed by atoms with E-state index in [-0.39, 0.29) is 0 Å². The Balaban J connectivity index is 1.30. The van der Waals surface area contributed by atoms with Gasteiger partial charge in [-0.3, -0.25) is 0 Å². The smallest absolute Gasteiger partial charge is 0.171 e. The van der Waals surface area contributed by atoms with Crippen LogP contribution in [0.3, 0.4) is 0 Å². The minimum Gasteiger partial charge on any atom is -0.310 e. The fourth-order valence-corrected chi connectivity index (χ4v) is 11.5. The van der Waals surface area contributed by atoms with Crippen LogP contribution in [0.1, 0.15) is 33.4 Å². The molecule has 0 unspecified atom stereocenters. The van der Waals surface area contributed by atoms with E-state index < -0.39 is 12.6 Å². The van der Waals surface area contributed by atoms with E-state index in [1.165, 1.54) is 27.8 Å². The number of para-hydroxylation sites is 2. The third-order valence-corrected chi connectivity index (χ3v) is 14.2. The van der Waals surface area contributed by atoms with Gasteiger partial charge in [0.25, 0.3) is 0 Å². The number of anilines is 3. The van der Waals surface area contributed by atoms with Gasteiger partial charge in [0.15, 0.2) is 7.14 Å². The van der Waals surface area contributed by atoms with Gasteiger partial charge in [0, 0.05) is 33.0 Å². The summed E-state index contributed by atoms with van der Waals surface area (Å²) in [7, 11) is -3.28. The van der Waals surface area contributed by atoms with E-state index in [0.29, 0.717) is 0 Å². The molecule has 1 spiro atoms. The van der Waals surface area contributed by atoms with Crippen molar-refractivity contribution in [2.45, 2.75) is 5.41 Å². The maximum Gasteiger partial charge on any atom is 0.171 e. The van der Waals surface area contributed by atoms with Gasteiger partial charge in [-0.25, -0.2) is 0 Å². The fourth-order valence-electron chi connectivity index (χ4n) is 8.83. The highest BCUT2D eigenvalue weighted by molar-refractivity contribution is 7.85. The third-order valence-electron chi connectivity index (χ3n) is 11.2. The predicted octanol–water partition coefficient (Wildman–Crippen LogP) is 11.6. The highest BCUT2D eigenvalue weighted by Gasteiger charge is 2.49. The van der Waals surface area contributed by atoms with Crippen molar-refractivity contribution in [1.82, 2.24) is 0 Å². The molecule has 2 nitrogen and oxygen atoms in total. The molecule has 2 aliphatic rings. The second-order valence-corrected chi connectivity index (χ2v) is 16.8. The van der Waals surface area contributed by atoms with Crippen molar-refractivity contribution in [3.05, 3.63) is 240 Å². The van der Waals surface area contributed by atoms with Gasteiger partial charge < -0.3 is 9.46 Å². The Kier molecular flexibility index (Phi) is 7.68. The summed E-state index contributed by atoms with van der Waals surface area (Å²) in [6.45, 7) is 0. The lowest BCUT2D eigenvalue weighted by atomic mass is 9.66. The van der Waals surface area contributed by atoms with Gasteiger partial charge in [-0.2, -0.15) is 0 Å². The summed E-state index contributed by atoms with van der Waals surface area (Å²) in [4.78, 5) is 2.34. The highest BCUT2D eigenvalue weighted by Crippen LogP contribution is 2.59. The number of nitrogens with zero attached hydrogens (tertiary/aromatic N) is 1. The van der Waals surface area contributed by atoms with Crippen LogP contribution < -0.4 is 20.8 Å². The molecule has 0 amide bonds. The quantitative estimate of drug-likeness (QED) is 0.160. The lowest BCUT2D eigenvalue weighted by molar-refractivity contribution is 0.592. The minimum absolute atomic E-state index is 0.704. The number of fused-ring (bicyclic) bond motifs is 9. The van der Waals surface area contributed by atoms with Crippen molar-refractivity contribution in [2.24, 2.45) is 0 Å². The summed E-state index contributed by atoms with van der Waals surface area (Å²) in [5.41, 5.74) is 12.0. The Morgan fingerprint density at radius 1 is 0.352 bits per heavy atom. The highest BCUT2D eigenvalue weighted by atomic mass is 31.2. The first-order valence-electron chi connectivity index (χ1n) is 18.5. The van der Waals surface area contributed by atoms with Crippen LogP contribution in [0.15, 0.2) is 206 Å². The zero-order valence-electron chi connectivity index (χ0n) is 29.6. The predicted molar refractivity (Wildman–Crippen MR) is 227 cm³/mol. The molecule has 256 valence electrons. The van der Waals surface area contributed by atoms with Crippen LogP contribution >= 0.6 is 7.14 Å². The molecule has 0 saturated heterocycles. The Morgan fingerprint density at radius 3 is 1.30 bits per heavy atom. The number of hydrogen-bond acceptors (Lipinski definition) is 2. The molecule has 0 aliphatic heterocycles. The fraction of sp³-hybridized carbons (Fsp3) is 0.0196. The molecule has 0 atom stereocenters. The Bertz CT molecular complexity index is 2610. The van der Waals surface area contributed by atoms with Crippen LogP contribution in [0.4, 0.5) is 17.1 Å². The van der Waals surface area contributed by atoms with Crippen molar-refractivity contribution >= 4 is 52.3 Å². The maximum absolute atomic E-state index is 16.0. The van der Waals surface area contributed by atoms with Crippen molar-refractivity contribution in [1.29, 1.82) is 0 Å². The lowest BCUT2D eigenvalue weighted by Gasteiger charge is -2.37. The van der Waals surface area contributed by atoms with E-state index in [9.17, 15) is 0 Å². The van der Waals surface area contributed by atoms with E-state index in [1.54, 1.807) is 0 Å². The number of benzene rings is 8. The number of rotatable bonds is 6. The first-order valence-corrected chi connectivity index (χ1v) is 20.2. The van der Waals surface area contributed by atoms with E-state index in [1.807, 2.05) is 60.7 Å². The first-order chi connectivity index (χ1) is 26.7. The first kappa shape index (κ1) is 32.2. The van der Waals surface area contributed by atoms with Crippen molar-refractivity contribution in [3.63, 3.8) is 0 Å². The van der Waals surface area contributed by atoms with Crippen molar-refractivity contribution < 1.29 is 4.57 Å². The Morgan fingerprint density at radius 2 is 0.778 bits per heavy atom. The lowest BCUT2D eigenvalue weighted by Crippen LogP contribution is -2.32. The second-order valence-electron chi connectivity index (χ2n) is 14.0. The van der Waals surface area contributed by atoms with Gasteiger partial charge in [0.05, 0.1) is 5.41 Å². The summed E-state index contributed by atoms with van der Waals surface area (Å²) >= 11 is 0. The summed E-state index contributed by atoms with van der Waals surface area (Å²) in [5.74, 6) is 0. The van der Waals surface area contributed by atoms with Gasteiger partial charge >= 0.3 is 0 Å². The summed E-state index contributed by atoms with van der Waals surface area (Å²) < 4.78 is 16.0. The average molecular weight is 710 g/mol. The van der Waals surface area contributed by atoms with E-state index in [2.05, 4.69) is 163 Å². The maximum atomic E-state index is 16.0. The zero-order chi connectivity index (χ0) is 36.1. The van der Waals surface area contributed by atoms with Crippen LogP contribution in [0.2, 0.25) is 0 Å². The van der Waals surface area contributed by atoms with Crippen LogP contribution in [0.5, 0.6) is 0 Å². The second kappa shape index (κ2) is 12.9. The van der Waals surface area contributed by atoms with Crippen LogP contribution in [0, 0.1) is 0 Å². The normalized spacial score (nSPS) is 13.3. The SMILES string of the molecule is O=P(c1ccccc1)(c1ccccc1)c1ccc2c(c1)C1(c3cc(N(c4ccccc4)c4ccccc4)ccc3C=C2)c2ccccc2-c2ccccc21. The van der Waals surface area contributed by atoms with E-state index >= 15 is 4.57 Å². The minimum atomic E-state index is -3.28. The van der Waals surface area contributed by atoms with Crippen LogP contribution in [-0.4, -0.2) is 0 Å². The van der Waals surface area contributed by atoms with Gasteiger partial charge in [-0.05, 0) is 87.0 Å². The molecule has 54 heavy (non-hydrogen) atoms. The number of hydrogen-bond donors (Lipinski definition) is 0. The van der Waals surface area contributed by atoms with Gasteiger partial charge in [0.2, 0.25) is 0 Å². The molecule has 3 heteroatoms. The summed E-state index contributed by atoms with van der Waals surface area (Å²) in [5, 5.41) is 2.47. The van der Waals surface area contributed by atoms with E-state index in [0.717, 1.165) is 49.7 Å². The van der Waals surface area contributed by atoms with Crippen molar-refractivity contribution in [3.8, 4) is 11.1 Å². The molecular weight excluding hydrogens is 674 g/mol. The molecular formula is C51H36NOP. The van der Waals surface area contributed by atoms with Crippen LogP contribution in [-0.2, 0) is 9.98 Å². The molecule has 0 aromatic heterocycles. The zero-order valence-corrected chi connectivity index (χ0v) is 30.5. The molecule has 0 N–H and O–H groups in total. The molecule has 0 saturated carbocycles. The van der Waals surface area contributed by atoms with Gasteiger partial charge in [-0.15, -0.1) is 0 Å².